The number of rotatable bonds is 9. The second-order valence-corrected chi connectivity index (χ2v) is 9.72. The van der Waals surface area contributed by atoms with Crippen molar-refractivity contribution >= 4 is 51.3 Å². The minimum atomic E-state index is -0.694. The molecule has 1 aromatic carbocycles. The van der Waals surface area contributed by atoms with Crippen LogP contribution in [0.2, 0.25) is 0 Å². The first-order valence-electron chi connectivity index (χ1n) is 10.0. The van der Waals surface area contributed by atoms with E-state index in [1.807, 2.05) is 6.92 Å². The van der Waals surface area contributed by atoms with Gasteiger partial charge in [-0.1, -0.05) is 41.1 Å². The molecule has 1 amide bonds. The Morgan fingerprint density at radius 3 is 2.61 bits per heavy atom. The number of hydrogen-bond acceptors (Lipinski definition) is 7. The van der Waals surface area contributed by atoms with Crippen molar-refractivity contribution in [3.63, 3.8) is 0 Å². The van der Waals surface area contributed by atoms with Gasteiger partial charge in [-0.05, 0) is 30.7 Å². The van der Waals surface area contributed by atoms with Crippen LogP contribution in [0.4, 0.5) is 0 Å². The average molecular weight is 510 g/mol. The zero-order valence-electron chi connectivity index (χ0n) is 17.3. The van der Waals surface area contributed by atoms with E-state index >= 15 is 0 Å². The van der Waals surface area contributed by atoms with Crippen LogP contribution in [-0.2, 0) is 23.9 Å². The summed E-state index contributed by atoms with van der Waals surface area (Å²) in [5.74, 6) is -0.894. The number of Topliss-reactive ketones (excluding diaryl/α,β-unsaturated/α-hetero) is 1. The quantitative estimate of drug-likeness (QED) is 0.218. The van der Waals surface area contributed by atoms with Crippen LogP contribution in [0.15, 0.2) is 40.9 Å². The van der Waals surface area contributed by atoms with E-state index in [0.29, 0.717) is 18.4 Å². The lowest BCUT2D eigenvalue weighted by atomic mass is 9.85. The normalized spacial score (nSPS) is 24.6. The summed E-state index contributed by atoms with van der Waals surface area (Å²) in [6.07, 6.45) is 4.04. The summed E-state index contributed by atoms with van der Waals surface area (Å²) in [5.41, 5.74) is 0.456. The number of halogens is 1. The number of ketones is 1. The molecule has 0 N–H and O–H groups in total. The summed E-state index contributed by atoms with van der Waals surface area (Å²) in [7, 11) is 1.30. The number of carbonyl (C=O) groups is 4. The van der Waals surface area contributed by atoms with Gasteiger partial charge in [-0.25, -0.2) is 9.59 Å². The number of fused-ring (bicyclic) bond motifs is 1. The molecule has 0 aromatic heterocycles. The first kappa shape index (κ1) is 23.5. The highest BCUT2D eigenvalue weighted by Gasteiger charge is 2.59. The zero-order valence-corrected chi connectivity index (χ0v) is 19.7. The van der Waals surface area contributed by atoms with Gasteiger partial charge in [0.15, 0.2) is 12.4 Å². The summed E-state index contributed by atoms with van der Waals surface area (Å²) >= 11 is 4.93. The lowest BCUT2D eigenvalue weighted by Crippen LogP contribution is -2.62. The molecule has 1 aromatic rings. The Morgan fingerprint density at radius 2 is 1.97 bits per heavy atom. The van der Waals surface area contributed by atoms with E-state index in [0.717, 1.165) is 10.2 Å². The van der Waals surface area contributed by atoms with Crippen molar-refractivity contribution in [3.05, 3.63) is 46.5 Å². The van der Waals surface area contributed by atoms with Gasteiger partial charge in [-0.2, -0.15) is 11.8 Å². The number of nitrogens with zero attached hydrogens (tertiary/aromatic N) is 1. The van der Waals surface area contributed by atoms with Crippen LogP contribution in [0.1, 0.15) is 30.1 Å². The van der Waals surface area contributed by atoms with Crippen LogP contribution in [-0.4, -0.2) is 65.3 Å². The van der Waals surface area contributed by atoms with Crippen molar-refractivity contribution < 1.29 is 28.7 Å². The maximum absolute atomic E-state index is 12.8. The third-order valence-corrected chi connectivity index (χ3v) is 7.24. The molecule has 2 saturated heterocycles. The number of β-lactam (4-membered cyclic amide) rings is 1. The van der Waals surface area contributed by atoms with Crippen molar-refractivity contribution in [2.45, 2.75) is 37.1 Å². The summed E-state index contributed by atoms with van der Waals surface area (Å²) in [6.45, 7) is 1.64. The van der Waals surface area contributed by atoms with E-state index in [9.17, 15) is 19.2 Å². The Labute approximate surface area is 193 Å². The van der Waals surface area contributed by atoms with E-state index in [1.54, 1.807) is 47.0 Å². The van der Waals surface area contributed by atoms with Gasteiger partial charge in [0.1, 0.15) is 6.04 Å². The highest BCUT2D eigenvalue weighted by atomic mass is 79.9. The van der Waals surface area contributed by atoms with E-state index < -0.39 is 18.0 Å². The molecule has 7 nitrogen and oxygen atoms in total. The Bertz CT molecular complexity index is 886. The van der Waals surface area contributed by atoms with Crippen molar-refractivity contribution in [1.82, 2.24) is 4.90 Å². The predicted octanol–water partition coefficient (Wildman–Crippen LogP) is 3.02. The van der Waals surface area contributed by atoms with Crippen LogP contribution in [0.5, 0.6) is 0 Å². The maximum atomic E-state index is 12.8. The number of allylic oxidation sites excluding steroid dienone is 1. The van der Waals surface area contributed by atoms with Crippen LogP contribution in [0.25, 0.3) is 0 Å². The van der Waals surface area contributed by atoms with Gasteiger partial charge in [0.05, 0.1) is 13.0 Å². The summed E-state index contributed by atoms with van der Waals surface area (Å²) in [6, 6.07) is 6.05. The number of esters is 2. The molecule has 2 unspecified atom stereocenters. The second kappa shape index (κ2) is 10.5. The fourth-order valence-corrected chi connectivity index (χ4v) is 5.47. The predicted molar refractivity (Wildman–Crippen MR) is 120 cm³/mol. The van der Waals surface area contributed by atoms with E-state index in [4.69, 9.17) is 4.74 Å². The Morgan fingerprint density at radius 1 is 1.26 bits per heavy atom. The molecule has 0 aliphatic carbocycles. The van der Waals surface area contributed by atoms with Gasteiger partial charge in [0.2, 0.25) is 5.91 Å². The van der Waals surface area contributed by atoms with E-state index in [2.05, 4.69) is 20.7 Å². The minimum Gasteiger partial charge on any atom is -0.466 e. The summed E-state index contributed by atoms with van der Waals surface area (Å²) < 4.78 is 10.7. The molecule has 2 aliphatic rings. The highest BCUT2D eigenvalue weighted by Crippen LogP contribution is 2.45. The van der Waals surface area contributed by atoms with Crippen LogP contribution >= 0.6 is 27.7 Å². The fraction of sp³-hybridized carbons (Fsp3) is 0.455. The number of amides is 1. The van der Waals surface area contributed by atoms with Crippen molar-refractivity contribution in [2.75, 3.05) is 19.5 Å². The number of ether oxygens (including phenoxy) is 2. The molecule has 0 bridgehead atoms. The largest absolute Gasteiger partial charge is 0.466 e. The molecule has 3 rings (SSSR count). The molecule has 9 heteroatoms. The first-order valence-corrected chi connectivity index (χ1v) is 11.8. The smallest absolute Gasteiger partial charge is 0.330 e. The fourth-order valence-electron chi connectivity index (χ4n) is 4.02. The molecule has 166 valence electrons. The topological polar surface area (TPSA) is 90.0 Å². The molecular formula is C22H24BrNO6S. The van der Waals surface area contributed by atoms with Gasteiger partial charge < -0.3 is 14.4 Å². The van der Waals surface area contributed by atoms with Crippen molar-refractivity contribution in [3.8, 4) is 0 Å². The van der Waals surface area contributed by atoms with E-state index in [-0.39, 0.29) is 35.5 Å². The van der Waals surface area contributed by atoms with Gasteiger partial charge >= 0.3 is 11.9 Å². The molecule has 2 fully saturated rings. The molecule has 0 radical (unpaired) electrons. The number of benzene rings is 1. The van der Waals surface area contributed by atoms with E-state index in [1.165, 1.54) is 13.2 Å². The van der Waals surface area contributed by atoms with Crippen molar-refractivity contribution in [1.29, 1.82) is 0 Å². The Kier molecular flexibility index (Phi) is 7.94. The molecule has 2 aliphatic heterocycles. The van der Waals surface area contributed by atoms with Gasteiger partial charge in [-0.15, -0.1) is 0 Å². The van der Waals surface area contributed by atoms with Gasteiger partial charge in [0.25, 0.3) is 0 Å². The van der Waals surface area contributed by atoms with Crippen molar-refractivity contribution in [2.24, 2.45) is 5.92 Å². The summed E-state index contributed by atoms with van der Waals surface area (Å²) in [4.78, 5) is 50.7. The third-order valence-electron chi connectivity index (χ3n) is 5.50. The lowest BCUT2D eigenvalue weighted by molar-refractivity contribution is -0.165. The maximum Gasteiger partial charge on any atom is 0.330 e. The molecule has 31 heavy (non-hydrogen) atoms. The zero-order chi connectivity index (χ0) is 22.5. The number of carbonyl (C=O) groups excluding carboxylic acids is 4. The first-order chi connectivity index (χ1) is 14.9. The standard InChI is InChI=1S/C22H24BrNO6S/c1-3-31-18-11-16-15(5-4-6-19(26)29-2)21(27)24(16)20(18)22(28)30-12-17(25)13-7-9-14(23)10-8-13/h4,6-10,15-16,18,20H,3,5,11-12H2,1-2H3/b6-4+/t15?,16?,18-,20+/m1/s1. The number of hydrogen-bond donors (Lipinski definition) is 0. The average Bonchev–Trinajstić information content (AvgIpc) is 3.10. The molecule has 2 heterocycles. The molecule has 4 atom stereocenters. The SMILES string of the molecule is CCS[C@@H]1CC2C(C/C=C/C(=O)OC)C(=O)N2[C@@H]1C(=O)OCC(=O)c1ccc(Br)cc1. The second-order valence-electron chi connectivity index (χ2n) is 7.29. The van der Waals surface area contributed by atoms with Crippen LogP contribution in [0.3, 0.4) is 0 Å². The third kappa shape index (κ3) is 5.20. The van der Waals surface area contributed by atoms with Gasteiger partial charge in [-0.3, -0.25) is 9.59 Å². The highest BCUT2D eigenvalue weighted by molar-refractivity contribution is 9.10. The number of methoxy groups -OCH3 is 1. The monoisotopic (exact) mass is 509 g/mol. The Hall–Kier alpha value is -2.13. The summed E-state index contributed by atoms with van der Waals surface area (Å²) in [5, 5.41) is -0.0798. The molecule has 0 saturated carbocycles. The van der Waals surface area contributed by atoms with Gasteiger partial charge in [0, 0.05) is 27.4 Å². The number of thioether (sulfide) groups is 1. The Balaban J connectivity index is 1.62. The lowest BCUT2D eigenvalue weighted by Gasteiger charge is -2.44. The van der Waals surface area contributed by atoms with Crippen LogP contribution in [0, 0.1) is 5.92 Å². The minimum absolute atomic E-state index is 0.0708. The molecule has 0 spiro atoms. The molecular weight excluding hydrogens is 486 g/mol. The van der Waals surface area contributed by atoms with Crippen LogP contribution < -0.4 is 0 Å².